The van der Waals surface area contributed by atoms with Gasteiger partial charge >= 0.3 is 5.97 Å². The molecule has 1 atom stereocenters. The molecule has 3 heteroatoms. The molecule has 0 aromatic carbocycles. The predicted octanol–water partition coefficient (Wildman–Crippen LogP) is 2.50. The normalized spacial score (nSPS) is 23.8. The van der Waals surface area contributed by atoms with Gasteiger partial charge in [0.15, 0.2) is 0 Å². The Labute approximate surface area is 98.9 Å². The third-order valence-electron chi connectivity index (χ3n) is 3.38. The van der Waals surface area contributed by atoms with Gasteiger partial charge in [-0.15, -0.1) is 0 Å². The molecule has 16 heavy (non-hydrogen) atoms. The molecule has 1 aliphatic heterocycles. The highest BCUT2D eigenvalue weighted by Gasteiger charge is 2.50. The largest absolute Gasteiger partial charge is 0.464 e. The van der Waals surface area contributed by atoms with Crippen molar-refractivity contribution in [3.05, 3.63) is 0 Å². The summed E-state index contributed by atoms with van der Waals surface area (Å²) in [5.74, 6) is 0.00866. The van der Waals surface area contributed by atoms with Gasteiger partial charge in [0.2, 0.25) is 0 Å². The number of cyclic esters (lactones) is 1. The molecule has 0 aliphatic carbocycles. The van der Waals surface area contributed by atoms with Crippen LogP contribution >= 0.6 is 0 Å². The van der Waals surface area contributed by atoms with Crippen molar-refractivity contribution in [1.29, 1.82) is 0 Å². The fourth-order valence-electron chi connectivity index (χ4n) is 2.78. The highest BCUT2D eigenvalue weighted by atomic mass is 16.5. The van der Waals surface area contributed by atoms with Crippen molar-refractivity contribution in [2.45, 2.75) is 65.5 Å². The summed E-state index contributed by atoms with van der Waals surface area (Å²) in [4.78, 5) is 12.0. The Morgan fingerprint density at radius 3 is 2.38 bits per heavy atom. The second kappa shape index (κ2) is 5.67. The van der Waals surface area contributed by atoms with Crippen LogP contribution in [-0.2, 0) is 9.53 Å². The van der Waals surface area contributed by atoms with Gasteiger partial charge < -0.3 is 10.1 Å². The highest BCUT2D eigenvalue weighted by Crippen LogP contribution is 2.39. The van der Waals surface area contributed by atoms with Crippen LogP contribution in [0.25, 0.3) is 0 Å². The van der Waals surface area contributed by atoms with Crippen LogP contribution in [0.3, 0.4) is 0 Å². The van der Waals surface area contributed by atoms with Crippen LogP contribution < -0.4 is 5.32 Å². The third kappa shape index (κ3) is 2.57. The average Bonchev–Trinajstić information content (AvgIpc) is 2.48. The molecule has 0 unspecified atom stereocenters. The van der Waals surface area contributed by atoms with E-state index in [0.29, 0.717) is 12.6 Å². The Hall–Kier alpha value is -0.570. The second-order valence-electron chi connectivity index (χ2n) is 5.13. The van der Waals surface area contributed by atoms with Gasteiger partial charge in [-0.3, -0.25) is 4.79 Å². The average molecular weight is 227 g/mol. The molecule has 0 amide bonds. The number of nitrogens with one attached hydrogen (secondary N) is 1. The molecule has 94 valence electrons. The zero-order valence-corrected chi connectivity index (χ0v) is 11.0. The molecular weight excluding hydrogens is 202 g/mol. The Kier molecular flexibility index (Phi) is 4.78. The Bertz CT molecular complexity index is 232. The van der Waals surface area contributed by atoms with E-state index in [4.69, 9.17) is 4.74 Å². The van der Waals surface area contributed by atoms with E-state index in [9.17, 15) is 4.79 Å². The van der Waals surface area contributed by atoms with Gasteiger partial charge in [-0.2, -0.15) is 0 Å². The monoisotopic (exact) mass is 227 g/mol. The lowest BCUT2D eigenvalue weighted by Crippen LogP contribution is -2.48. The van der Waals surface area contributed by atoms with Crippen LogP contribution in [0.1, 0.15) is 53.4 Å². The summed E-state index contributed by atoms with van der Waals surface area (Å²) in [7, 11) is 0. The molecule has 1 heterocycles. The van der Waals surface area contributed by atoms with E-state index in [1.54, 1.807) is 0 Å². The Morgan fingerprint density at radius 2 is 1.94 bits per heavy atom. The van der Waals surface area contributed by atoms with Gasteiger partial charge in [0.25, 0.3) is 0 Å². The van der Waals surface area contributed by atoms with Crippen LogP contribution in [0.2, 0.25) is 0 Å². The molecular formula is C13H25NO2. The van der Waals surface area contributed by atoms with E-state index < -0.39 is 0 Å². The summed E-state index contributed by atoms with van der Waals surface area (Å²) in [6.45, 7) is 9.04. The van der Waals surface area contributed by atoms with Crippen LogP contribution in [0.4, 0.5) is 0 Å². The highest BCUT2D eigenvalue weighted by molar-refractivity contribution is 5.80. The smallest absolute Gasteiger partial charge is 0.313 e. The third-order valence-corrected chi connectivity index (χ3v) is 3.38. The van der Waals surface area contributed by atoms with Gasteiger partial charge in [-0.25, -0.2) is 0 Å². The van der Waals surface area contributed by atoms with Crippen molar-refractivity contribution in [3.8, 4) is 0 Å². The van der Waals surface area contributed by atoms with Crippen LogP contribution in [0.15, 0.2) is 0 Å². The minimum absolute atomic E-state index is 0.00866. The molecule has 0 spiro atoms. The van der Waals surface area contributed by atoms with Crippen LogP contribution in [0, 0.1) is 5.41 Å². The lowest BCUT2D eigenvalue weighted by Gasteiger charge is -2.32. The lowest BCUT2D eigenvalue weighted by atomic mass is 9.74. The summed E-state index contributed by atoms with van der Waals surface area (Å²) in [5.41, 5.74) is -0.270. The van der Waals surface area contributed by atoms with Gasteiger partial charge in [-0.1, -0.05) is 40.5 Å². The van der Waals surface area contributed by atoms with E-state index in [2.05, 4.69) is 33.0 Å². The molecule has 1 aliphatic rings. The summed E-state index contributed by atoms with van der Waals surface area (Å²) in [5, 5.41) is 3.49. The maximum Gasteiger partial charge on any atom is 0.313 e. The van der Waals surface area contributed by atoms with Crippen molar-refractivity contribution >= 4 is 5.97 Å². The topological polar surface area (TPSA) is 38.3 Å². The van der Waals surface area contributed by atoms with E-state index in [-0.39, 0.29) is 17.4 Å². The van der Waals surface area contributed by atoms with Gasteiger partial charge in [-0.05, 0) is 12.8 Å². The first-order valence-electron chi connectivity index (χ1n) is 6.50. The minimum atomic E-state index is -0.270. The lowest BCUT2D eigenvalue weighted by molar-refractivity contribution is -0.147. The van der Waals surface area contributed by atoms with E-state index >= 15 is 0 Å². The number of ether oxygens (including phenoxy) is 1. The summed E-state index contributed by atoms with van der Waals surface area (Å²) in [6.07, 6.45) is 3.94. The molecule has 0 aromatic heterocycles. The number of esters is 1. The van der Waals surface area contributed by atoms with E-state index in [1.165, 1.54) is 0 Å². The molecule has 1 N–H and O–H groups in total. The molecule has 1 fully saturated rings. The van der Waals surface area contributed by atoms with Crippen molar-refractivity contribution in [3.63, 3.8) is 0 Å². The summed E-state index contributed by atoms with van der Waals surface area (Å²) in [6, 6.07) is 0.590. The number of hydrogen-bond acceptors (Lipinski definition) is 3. The standard InChI is InChI=1S/C13H25NO2/c1-5-7-13(8-6-2)11(14-10(3)4)9-16-12(13)15/h10-11,14H,5-9H2,1-4H3/t11-/m0/s1. The number of carbonyl (C=O) groups is 1. The zero-order chi connectivity index (χ0) is 12.2. The molecule has 1 rings (SSSR count). The van der Waals surface area contributed by atoms with Crippen LogP contribution in [-0.4, -0.2) is 24.7 Å². The van der Waals surface area contributed by atoms with Gasteiger partial charge in [0.1, 0.15) is 6.61 Å². The maximum atomic E-state index is 12.0. The first-order chi connectivity index (χ1) is 7.56. The molecule has 0 saturated carbocycles. The molecule has 0 aromatic rings. The molecule has 1 saturated heterocycles. The SMILES string of the molecule is CCCC1(CCC)C(=O)OC[C@@H]1NC(C)C. The molecule has 0 bridgehead atoms. The van der Waals surface area contributed by atoms with E-state index in [0.717, 1.165) is 25.7 Å². The fourth-order valence-corrected chi connectivity index (χ4v) is 2.78. The summed E-state index contributed by atoms with van der Waals surface area (Å²) >= 11 is 0. The van der Waals surface area contributed by atoms with Gasteiger partial charge in [0, 0.05) is 6.04 Å². The number of hydrogen-bond donors (Lipinski definition) is 1. The van der Waals surface area contributed by atoms with E-state index in [1.807, 2.05) is 0 Å². The molecule has 0 radical (unpaired) electrons. The second-order valence-corrected chi connectivity index (χ2v) is 5.13. The van der Waals surface area contributed by atoms with Crippen molar-refractivity contribution < 1.29 is 9.53 Å². The summed E-state index contributed by atoms with van der Waals surface area (Å²) < 4.78 is 5.29. The van der Waals surface area contributed by atoms with Crippen molar-refractivity contribution in [2.24, 2.45) is 5.41 Å². The molecule has 3 nitrogen and oxygen atoms in total. The number of carbonyl (C=O) groups excluding carboxylic acids is 1. The van der Waals surface area contributed by atoms with Gasteiger partial charge in [0.05, 0.1) is 11.5 Å². The van der Waals surface area contributed by atoms with Crippen molar-refractivity contribution in [2.75, 3.05) is 6.61 Å². The Balaban J connectivity index is 2.84. The first-order valence-corrected chi connectivity index (χ1v) is 6.50. The maximum absolute atomic E-state index is 12.0. The fraction of sp³-hybridized carbons (Fsp3) is 0.923. The van der Waals surface area contributed by atoms with Crippen LogP contribution in [0.5, 0.6) is 0 Å². The van der Waals surface area contributed by atoms with Crippen molar-refractivity contribution in [1.82, 2.24) is 5.32 Å². The first kappa shape index (κ1) is 13.5. The zero-order valence-electron chi connectivity index (χ0n) is 11.0. The predicted molar refractivity (Wildman–Crippen MR) is 65.3 cm³/mol. The quantitative estimate of drug-likeness (QED) is 0.708. The Morgan fingerprint density at radius 1 is 1.38 bits per heavy atom. The minimum Gasteiger partial charge on any atom is -0.464 e. The number of rotatable bonds is 6.